The Hall–Kier alpha value is -5.00. The molecule has 0 radical (unpaired) electrons. The van der Waals surface area contributed by atoms with Crippen molar-refractivity contribution >= 4 is 42.9 Å². The Morgan fingerprint density at radius 2 is 1.26 bits per heavy atom. The molecule has 4 aromatic carbocycles. The van der Waals surface area contributed by atoms with Crippen molar-refractivity contribution in [1.82, 2.24) is 0 Å². The van der Waals surface area contributed by atoms with Crippen LogP contribution >= 0.6 is 7.82 Å². The van der Waals surface area contributed by atoms with Gasteiger partial charge in [-0.05, 0) is 79.0 Å². The first-order valence-corrected chi connectivity index (χ1v) is 22.6. The quantitative estimate of drug-likeness (QED) is 0.0420. The Balaban J connectivity index is 1.47. The smallest absolute Gasteiger partial charge is 0.425 e. The summed E-state index contributed by atoms with van der Waals surface area (Å²) >= 11 is 0. The number of benzene rings is 4. The summed E-state index contributed by atoms with van der Waals surface area (Å²) in [4.78, 5) is 42.7. The Kier molecular flexibility index (Phi) is 19.0. The molecule has 13 heteroatoms. The molecule has 3 atom stereocenters. The fourth-order valence-electron chi connectivity index (χ4n) is 6.43. The largest absolute Gasteiger partial charge is 0.476 e. The Morgan fingerprint density at radius 1 is 0.705 bits per heavy atom. The summed E-state index contributed by atoms with van der Waals surface area (Å²) in [6.07, 6.45) is -2.10. The molecule has 0 heterocycles. The van der Waals surface area contributed by atoms with Crippen molar-refractivity contribution in [3.63, 3.8) is 0 Å². The fraction of sp³-hybridized carbons (Fsp3) is 0.438. The van der Waals surface area contributed by atoms with Gasteiger partial charge in [0, 0.05) is 24.7 Å². The van der Waals surface area contributed by atoms with Crippen LogP contribution in [0.25, 0.3) is 0 Å². The number of hydrogen-bond acceptors (Lipinski definition) is 10. The molecule has 0 aliphatic carbocycles. The van der Waals surface area contributed by atoms with Crippen LogP contribution in [0.4, 0.5) is 21.9 Å². The standard InChI is InChI=1S/C48H64N3O9P/c1-10-40(41-23-26-44(51(29-33(2)3)30-34(4)5)43(27-41)50-48(54)49-42-24-21-36(8)22-25-42)28-45(52)58-47(35(6)7)59-46(53)37(9)60-61(55,56-31-38-17-13-11-14-18-38)57-32-39-19-15-12-16-20-39/h11-27,33-35,37,40,47H,10,28-32H2,1-9H3,(H2,49,50,54)/t37-,40?,47?/m0/s1. The third kappa shape index (κ3) is 16.4. The second-order valence-electron chi connectivity index (χ2n) is 16.5. The summed E-state index contributed by atoms with van der Waals surface area (Å²) in [6.45, 7) is 18.9. The number of phosphoric acid groups is 1. The maximum absolute atomic E-state index is 13.9. The summed E-state index contributed by atoms with van der Waals surface area (Å²) < 4.78 is 42.4. The molecule has 0 aliphatic heterocycles. The van der Waals surface area contributed by atoms with Crippen LogP contribution in [-0.2, 0) is 50.4 Å². The number of carbonyl (C=O) groups excluding carboxylic acids is 3. The average Bonchev–Trinajstić information content (AvgIpc) is 3.22. The van der Waals surface area contributed by atoms with Crippen LogP contribution in [0.1, 0.15) is 96.4 Å². The van der Waals surface area contributed by atoms with Crippen LogP contribution in [-0.4, -0.2) is 43.5 Å². The van der Waals surface area contributed by atoms with Crippen molar-refractivity contribution in [3.05, 3.63) is 125 Å². The number of rotatable bonds is 23. The molecule has 0 aromatic heterocycles. The van der Waals surface area contributed by atoms with Gasteiger partial charge in [0.15, 0.2) is 6.10 Å². The first kappa shape index (κ1) is 48.7. The van der Waals surface area contributed by atoms with Gasteiger partial charge in [0.2, 0.25) is 6.29 Å². The number of amides is 2. The van der Waals surface area contributed by atoms with E-state index >= 15 is 0 Å². The zero-order valence-electron chi connectivity index (χ0n) is 37.1. The van der Waals surface area contributed by atoms with Crippen molar-refractivity contribution < 1.29 is 42.0 Å². The van der Waals surface area contributed by atoms with E-state index in [1.54, 1.807) is 38.1 Å². The monoisotopic (exact) mass is 857 g/mol. The van der Waals surface area contributed by atoms with Gasteiger partial charge in [-0.2, -0.15) is 0 Å². The number of carbonyl (C=O) groups is 3. The first-order chi connectivity index (χ1) is 29.0. The average molecular weight is 858 g/mol. The topological polar surface area (TPSA) is 142 Å². The van der Waals surface area contributed by atoms with Crippen molar-refractivity contribution in [3.8, 4) is 0 Å². The molecule has 4 rings (SSSR count). The number of esters is 2. The molecule has 0 saturated carbocycles. The van der Waals surface area contributed by atoms with Crippen molar-refractivity contribution in [1.29, 1.82) is 0 Å². The molecule has 2 unspecified atom stereocenters. The highest BCUT2D eigenvalue weighted by molar-refractivity contribution is 7.48. The lowest BCUT2D eigenvalue weighted by Gasteiger charge is -2.31. The Morgan fingerprint density at radius 3 is 1.77 bits per heavy atom. The normalized spacial score (nSPS) is 13.1. The van der Waals surface area contributed by atoms with Crippen LogP contribution in [0.15, 0.2) is 103 Å². The van der Waals surface area contributed by atoms with Gasteiger partial charge in [-0.25, -0.2) is 14.2 Å². The van der Waals surface area contributed by atoms with Gasteiger partial charge in [0.25, 0.3) is 0 Å². The van der Waals surface area contributed by atoms with E-state index in [0.29, 0.717) is 29.6 Å². The Labute approximate surface area is 362 Å². The van der Waals surface area contributed by atoms with Gasteiger partial charge in [-0.1, -0.05) is 133 Å². The van der Waals surface area contributed by atoms with Crippen molar-refractivity contribution in [2.45, 2.75) is 107 Å². The molecule has 61 heavy (non-hydrogen) atoms. The summed E-state index contributed by atoms with van der Waals surface area (Å²) in [5, 5.41) is 6.02. The minimum absolute atomic E-state index is 0.0186. The molecule has 0 saturated heterocycles. The summed E-state index contributed by atoms with van der Waals surface area (Å²) in [7, 11) is -4.31. The molecule has 0 aliphatic rings. The second kappa shape index (κ2) is 23.9. The maximum atomic E-state index is 13.9. The third-order valence-corrected chi connectivity index (χ3v) is 11.0. The van der Waals surface area contributed by atoms with Crippen LogP contribution < -0.4 is 15.5 Å². The lowest BCUT2D eigenvalue weighted by Crippen LogP contribution is -2.34. The minimum Gasteiger partial charge on any atom is -0.425 e. The third-order valence-electron chi connectivity index (χ3n) is 9.57. The molecule has 2 amide bonds. The molecule has 0 fully saturated rings. The van der Waals surface area contributed by atoms with Gasteiger partial charge in [0.05, 0.1) is 31.0 Å². The van der Waals surface area contributed by atoms with Gasteiger partial charge in [-0.3, -0.25) is 18.4 Å². The molecule has 330 valence electrons. The highest BCUT2D eigenvalue weighted by Crippen LogP contribution is 2.52. The number of anilines is 3. The van der Waals surface area contributed by atoms with Gasteiger partial charge < -0.3 is 25.0 Å². The molecular weight excluding hydrogens is 794 g/mol. The van der Waals surface area contributed by atoms with Gasteiger partial charge in [0.1, 0.15) is 0 Å². The SMILES string of the molecule is CCC(CC(=O)OC(OC(=O)[C@H](C)OP(=O)(OCc1ccccc1)OCc1ccccc1)C(C)C)c1ccc(N(CC(C)C)CC(C)C)c(NC(=O)Nc2ccc(C)cc2)c1. The van der Waals surface area contributed by atoms with Crippen LogP contribution in [0.5, 0.6) is 0 Å². The van der Waals surface area contributed by atoms with Crippen LogP contribution in [0.2, 0.25) is 0 Å². The molecule has 0 bridgehead atoms. The van der Waals surface area contributed by atoms with Gasteiger partial charge in [-0.15, -0.1) is 0 Å². The van der Waals surface area contributed by atoms with Gasteiger partial charge >= 0.3 is 25.8 Å². The summed E-state index contributed by atoms with van der Waals surface area (Å²) in [6, 6.07) is 31.3. The zero-order valence-corrected chi connectivity index (χ0v) is 38.0. The Bertz CT molecular complexity index is 1970. The number of phosphoric ester groups is 1. The van der Waals surface area contributed by atoms with E-state index in [-0.39, 0.29) is 31.6 Å². The lowest BCUT2D eigenvalue weighted by atomic mass is 9.92. The van der Waals surface area contributed by atoms with E-state index in [1.165, 1.54) is 6.92 Å². The predicted octanol–water partition coefficient (Wildman–Crippen LogP) is 11.7. The summed E-state index contributed by atoms with van der Waals surface area (Å²) in [5.74, 6) is -1.46. The number of aryl methyl sites for hydroxylation is 1. The number of ether oxygens (including phenoxy) is 2. The summed E-state index contributed by atoms with van der Waals surface area (Å²) in [5.41, 5.74) is 5.55. The highest BCUT2D eigenvalue weighted by Gasteiger charge is 2.35. The van der Waals surface area contributed by atoms with E-state index < -0.39 is 38.1 Å². The predicted molar refractivity (Wildman–Crippen MR) is 241 cm³/mol. The molecular formula is C48H64N3O9P. The zero-order chi connectivity index (χ0) is 44.5. The molecule has 12 nitrogen and oxygen atoms in total. The molecule has 2 N–H and O–H groups in total. The molecule has 4 aromatic rings. The first-order valence-electron chi connectivity index (χ1n) is 21.1. The highest BCUT2D eigenvalue weighted by atomic mass is 31.2. The van der Waals surface area contributed by atoms with Crippen molar-refractivity contribution in [2.75, 3.05) is 28.6 Å². The molecule has 0 spiro atoms. The number of nitrogens with zero attached hydrogens (tertiary/aromatic N) is 1. The minimum atomic E-state index is -4.31. The number of hydrogen-bond donors (Lipinski definition) is 2. The maximum Gasteiger partial charge on any atom is 0.476 e. The van der Waals surface area contributed by atoms with E-state index in [9.17, 15) is 18.9 Å². The van der Waals surface area contributed by atoms with Crippen LogP contribution in [0.3, 0.4) is 0 Å². The lowest BCUT2D eigenvalue weighted by molar-refractivity contribution is -0.201. The van der Waals surface area contributed by atoms with E-state index in [1.807, 2.05) is 92.7 Å². The van der Waals surface area contributed by atoms with Crippen molar-refractivity contribution in [2.24, 2.45) is 17.8 Å². The van der Waals surface area contributed by atoms with Crippen LogP contribution in [0, 0.1) is 24.7 Å². The van der Waals surface area contributed by atoms with E-state index in [0.717, 1.165) is 41.0 Å². The second-order valence-corrected chi connectivity index (χ2v) is 18.1. The van der Waals surface area contributed by atoms with E-state index in [4.69, 9.17) is 23.0 Å². The number of nitrogens with one attached hydrogen (secondary N) is 2. The fourth-order valence-corrected chi connectivity index (χ4v) is 7.72. The van der Waals surface area contributed by atoms with E-state index in [2.05, 4.69) is 43.2 Å². The number of urea groups is 1.